The van der Waals surface area contributed by atoms with Crippen LogP contribution in [0, 0.1) is 11.8 Å². The van der Waals surface area contributed by atoms with E-state index in [-0.39, 0.29) is 34.1 Å². The van der Waals surface area contributed by atoms with Crippen molar-refractivity contribution in [3.05, 3.63) is 87.4 Å². The summed E-state index contributed by atoms with van der Waals surface area (Å²) in [7, 11) is 3.11. The topological polar surface area (TPSA) is 167 Å². The number of hydrogen-bond acceptors (Lipinski definition) is 9. The molecular weight excluding hydrogens is 761 g/mol. The van der Waals surface area contributed by atoms with E-state index in [1.807, 2.05) is 76.3 Å². The number of fused-ring (bicyclic) bond motifs is 1. The Hall–Kier alpha value is -3.94. The van der Waals surface area contributed by atoms with Gasteiger partial charge in [-0.1, -0.05) is 99.0 Å². The van der Waals surface area contributed by atoms with E-state index in [1.165, 1.54) is 37.9 Å². The van der Waals surface area contributed by atoms with E-state index in [1.54, 1.807) is 14.0 Å². The van der Waals surface area contributed by atoms with Gasteiger partial charge in [-0.2, -0.15) is 0 Å². The maximum Gasteiger partial charge on any atom is 0.332 e. The van der Waals surface area contributed by atoms with Crippen LogP contribution in [0.2, 0.25) is 10.0 Å². The molecule has 0 bridgehead atoms. The number of nitrogens with zero attached hydrogens (tertiary/aromatic N) is 1. The van der Waals surface area contributed by atoms with E-state index in [0.717, 1.165) is 5.57 Å². The van der Waals surface area contributed by atoms with Gasteiger partial charge in [0.1, 0.15) is 18.2 Å². The van der Waals surface area contributed by atoms with Gasteiger partial charge >= 0.3 is 5.97 Å². The number of benzene rings is 2. The number of phenols is 1. The molecule has 1 fully saturated rings. The highest BCUT2D eigenvalue weighted by molar-refractivity contribution is 6.37. The van der Waals surface area contributed by atoms with Crippen molar-refractivity contribution in [1.29, 1.82) is 0 Å². The van der Waals surface area contributed by atoms with Crippen molar-refractivity contribution in [1.82, 2.24) is 15.5 Å². The van der Waals surface area contributed by atoms with Crippen LogP contribution in [0.15, 0.2) is 66.3 Å². The molecule has 4 rings (SSSR count). The van der Waals surface area contributed by atoms with Gasteiger partial charge in [0.2, 0.25) is 11.8 Å². The van der Waals surface area contributed by atoms with Crippen LogP contribution in [0.3, 0.4) is 0 Å². The minimum absolute atomic E-state index is 0.0776. The zero-order chi connectivity index (χ0) is 41.7. The third-order valence-corrected chi connectivity index (χ3v) is 11.4. The number of rotatable bonds is 7. The molecule has 56 heavy (non-hydrogen) atoms. The molecule has 0 radical (unpaired) electrons. The van der Waals surface area contributed by atoms with Crippen LogP contribution in [-0.4, -0.2) is 94.5 Å². The number of aliphatic hydroxyl groups is 1. The Kier molecular flexibility index (Phi) is 14.8. The summed E-state index contributed by atoms with van der Waals surface area (Å²) in [6.07, 6.45) is 4.60. The van der Waals surface area contributed by atoms with Crippen molar-refractivity contribution < 1.29 is 43.6 Å². The molecule has 2 heterocycles. The number of hydrogen-bond donors (Lipinski definition) is 4. The number of methoxy groups -OCH3 is 1. The maximum absolute atomic E-state index is 14.4. The average Bonchev–Trinajstić information content (AvgIpc) is 3.81. The lowest BCUT2D eigenvalue weighted by Gasteiger charge is -2.35. The van der Waals surface area contributed by atoms with Gasteiger partial charge < -0.3 is 40.0 Å². The molecule has 9 atom stereocenters. The number of halogens is 2. The number of nitrogens with one attached hydrogen (secondary N) is 2. The standard InChI is InChI=1S/C42H55Cl2N3O9/c1-10-23(2)33-38(50)45-30(21-26-19-28(43)34(48)29(44)20-26)37(49)46-36(41(5,6)53)39(51)55-35(27-17-12-11-13-18-27)25(4)16-14-15-24(3)31(54-9)22-32-42(7,56-32)40(52)47(33)8/h11-20,23,25,30-33,35-36,48,53H,10,21-22H2,1-9H3,(H,45,50)(H,46,49). The number of esters is 1. The third-order valence-electron chi connectivity index (χ3n) is 10.8. The normalized spacial score (nSPS) is 29.2. The highest BCUT2D eigenvalue weighted by atomic mass is 35.5. The smallest absolute Gasteiger partial charge is 0.332 e. The van der Waals surface area contributed by atoms with Crippen LogP contribution in [0.5, 0.6) is 5.75 Å². The Balaban J connectivity index is 1.83. The summed E-state index contributed by atoms with van der Waals surface area (Å²) in [6.45, 7) is 11.9. The van der Waals surface area contributed by atoms with E-state index in [9.17, 15) is 29.4 Å². The van der Waals surface area contributed by atoms with E-state index in [4.69, 9.17) is 37.4 Å². The number of carbonyl (C=O) groups excluding carboxylic acids is 4. The molecule has 0 aromatic heterocycles. The Morgan fingerprint density at radius 1 is 1.07 bits per heavy atom. The summed E-state index contributed by atoms with van der Waals surface area (Å²) < 4.78 is 18.0. The largest absolute Gasteiger partial charge is 0.505 e. The van der Waals surface area contributed by atoms with Gasteiger partial charge in [0.15, 0.2) is 17.4 Å². The summed E-state index contributed by atoms with van der Waals surface area (Å²) in [5.74, 6) is -3.89. The quantitative estimate of drug-likeness (QED) is 0.198. The molecule has 2 aromatic carbocycles. The van der Waals surface area contributed by atoms with Crippen molar-refractivity contribution >= 4 is 46.9 Å². The van der Waals surface area contributed by atoms with Gasteiger partial charge in [-0.15, -0.1) is 0 Å². The summed E-state index contributed by atoms with van der Waals surface area (Å²) >= 11 is 12.5. The van der Waals surface area contributed by atoms with E-state index in [0.29, 0.717) is 24.0 Å². The number of cyclic esters (lactones) is 1. The van der Waals surface area contributed by atoms with E-state index in [2.05, 4.69) is 10.6 Å². The molecule has 0 spiro atoms. The van der Waals surface area contributed by atoms with Crippen molar-refractivity contribution in [2.75, 3.05) is 14.2 Å². The van der Waals surface area contributed by atoms with Crippen molar-refractivity contribution in [3.8, 4) is 5.75 Å². The van der Waals surface area contributed by atoms with Crippen LogP contribution in [-0.2, 0) is 39.8 Å². The first-order chi connectivity index (χ1) is 26.2. The molecule has 2 aromatic rings. The first kappa shape index (κ1) is 44.8. The molecule has 3 amide bonds. The fraction of sp³-hybridized carbons (Fsp3) is 0.524. The number of epoxide rings is 1. The minimum atomic E-state index is -1.83. The van der Waals surface area contributed by atoms with Crippen LogP contribution in [0.1, 0.15) is 78.5 Å². The minimum Gasteiger partial charge on any atom is -0.505 e. The Bertz CT molecular complexity index is 1790. The SMILES string of the molecule is CCC(C)C1C(=O)NC(Cc2cc(Cl)c(O)c(Cl)c2)C(=O)NC(C(C)(C)O)C(=O)OC(c2ccccc2)C(C)C=CC=C(C)C(OC)CC2OC2(C)C(=O)N1C. The molecule has 0 saturated carbocycles. The van der Waals surface area contributed by atoms with E-state index >= 15 is 0 Å². The highest BCUT2D eigenvalue weighted by Crippen LogP contribution is 2.42. The third kappa shape index (κ3) is 10.5. The summed E-state index contributed by atoms with van der Waals surface area (Å²) in [5.41, 5.74) is -1.12. The highest BCUT2D eigenvalue weighted by Gasteiger charge is 2.61. The molecule has 0 aliphatic carbocycles. The van der Waals surface area contributed by atoms with E-state index < -0.39 is 71.3 Å². The maximum atomic E-state index is 14.4. The predicted molar refractivity (Wildman–Crippen MR) is 214 cm³/mol. The van der Waals surface area contributed by atoms with Gasteiger partial charge in [-0.05, 0) is 62.4 Å². The van der Waals surface area contributed by atoms with Crippen molar-refractivity contribution in [2.45, 2.75) is 115 Å². The molecular formula is C42H55Cl2N3O9. The number of aromatic hydroxyl groups is 1. The zero-order valence-electron chi connectivity index (χ0n) is 33.5. The molecule has 9 unspecified atom stereocenters. The van der Waals surface area contributed by atoms with Gasteiger partial charge in [0.05, 0.1) is 27.9 Å². The number of amides is 3. The molecule has 12 nitrogen and oxygen atoms in total. The first-order valence-corrected chi connectivity index (χ1v) is 19.6. The van der Waals surface area contributed by atoms with Gasteiger partial charge in [-0.3, -0.25) is 14.4 Å². The lowest BCUT2D eigenvalue weighted by Crippen LogP contribution is -2.61. The lowest BCUT2D eigenvalue weighted by atomic mass is 9.93. The number of allylic oxidation sites excluding steroid dienone is 2. The molecule has 4 N–H and O–H groups in total. The Morgan fingerprint density at radius 2 is 1.70 bits per heavy atom. The molecule has 1 saturated heterocycles. The van der Waals surface area contributed by atoms with Gasteiger partial charge in [-0.25, -0.2) is 4.79 Å². The second kappa shape index (κ2) is 18.5. The average molecular weight is 817 g/mol. The van der Waals surface area contributed by atoms with Crippen LogP contribution in [0.25, 0.3) is 0 Å². The van der Waals surface area contributed by atoms with Crippen LogP contribution in [0.4, 0.5) is 0 Å². The number of carbonyl (C=O) groups is 4. The van der Waals surface area contributed by atoms with Gasteiger partial charge in [0.25, 0.3) is 5.91 Å². The van der Waals surface area contributed by atoms with Crippen LogP contribution >= 0.6 is 23.2 Å². The number of phenolic OH excluding ortho intramolecular Hbond substituents is 1. The second-order valence-corrected chi connectivity index (χ2v) is 16.4. The molecule has 2 aliphatic rings. The predicted octanol–water partition coefficient (Wildman–Crippen LogP) is 5.85. The zero-order valence-corrected chi connectivity index (χ0v) is 35.0. The summed E-state index contributed by atoms with van der Waals surface area (Å²) in [6, 6.07) is 7.90. The summed E-state index contributed by atoms with van der Waals surface area (Å²) in [4.78, 5) is 58.3. The molecule has 2 aliphatic heterocycles. The second-order valence-electron chi connectivity index (χ2n) is 15.6. The number of ether oxygens (including phenoxy) is 3. The Labute approximate surface area is 339 Å². The molecule has 14 heteroatoms. The molecule has 306 valence electrons. The monoisotopic (exact) mass is 815 g/mol. The fourth-order valence-electron chi connectivity index (χ4n) is 7.01. The Morgan fingerprint density at radius 3 is 2.27 bits per heavy atom. The first-order valence-electron chi connectivity index (χ1n) is 18.8. The lowest BCUT2D eigenvalue weighted by molar-refractivity contribution is -0.162. The summed E-state index contributed by atoms with van der Waals surface area (Å²) in [5, 5.41) is 26.8. The van der Waals surface area contributed by atoms with Crippen molar-refractivity contribution in [2.24, 2.45) is 11.8 Å². The fourth-order valence-corrected chi connectivity index (χ4v) is 7.54. The van der Waals surface area contributed by atoms with Crippen molar-refractivity contribution in [3.63, 3.8) is 0 Å². The number of likely N-dealkylation sites (N-methyl/N-ethyl adjacent to an activating group) is 1. The van der Waals surface area contributed by atoms with Gasteiger partial charge in [0, 0.05) is 32.9 Å². The van der Waals surface area contributed by atoms with Crippen LogP contribution < -0.4 is 10.6 Å².